The van der Waals surface area contributed by atoms with Crippen molar-refractivity contribution in [1.82, 2.24) is 0 Å². The zero-order valence-electron chi connectivity index (χ0n) is 9.63. The van der Waals surface area contributed by atoms with Crippen LogP contribution in [-0.4, -0.2) is 38.0 Å². The minimum Gasteiger partial charge on any atom is -0.454 e. The van der Waals surface area contributed by atoms with E-state index >= 15 is 0 Å². The zero-order chi connectivity index (χ0) is 12.5. The summed E-state index contributed by atoms with van der Waals surface area (Å²) in [6.07, 6.45) is 0. The van der Waals surface area contributed by atoms with Gasteiger partial charge in [-0.3, -0.25) is 10.1 Å². The van der Waals surface area contributed by atoms with Crippen molar-refractivity contribution in [2.45, 2.75) is 0 Å². The van der Waals surface area contributed by atoms with E-state index in [1.54, 1.807) is 6.07 Å². The van der Waals surface area contributed by atoms with Gasteiger partial charge in [-0.15, -0.1) is 0 Å². The van der Waals surface area contributed by atoms with E-state index in [1.165, 1.54) is 6.07 Å². The van der Waals surface area contributed by atoms with Gasteiger partial charge in [0, 0.05) is 19.2 Å². The first-order chi connectivity index (χ1) is 8.75. The van der Waals surface area contributed by atoms with Crippen LogP contribution in [-0.2, 0) is 4.74 Å². The van der Waals surface area contributed by atoms with E-state index in [4.69, 9.17) is 14.2 Å². The summed E-state index contributed by atoms with van der Waals surface area (Å²) in [5.41, 5.74) is 0.605. The molecule has 0 saturated carbocycles. The van der Waals surface area contributed by atoms with E-state index in [1.807, 2.05) is 4.90 Å². The summed E-state index contributed by atoms with van der Waals surface area (Å²) in [6.45, 7) is 2.54. The number of hydrogen-bond donors (Lipinski definition) is 0. The molecule has 0 atom stereocenters. The van der Waals surface area contributed by atoms with Crippen LogP contribution in [0.3, 0.4) is 0 Å². The van der Waals surface area contributed by atoms with E-state index in [2.05, 4.69) is 0 Å². The second kappa shape index (κ2) is 4.34. The SMILES string of the molecule is O=[N+]([O-])c1cc2c(cc1N1CCOCC1)OCO2. The molecule has 7 heteroatoms. The Morgan fingerprint density at radius 2 is 1.83 bits per heavy atom. The number of anilines is 1. The van der Waals surface area contributed by atoms with Gasteiger partial charge in [0.05, 0.1) is 24.2 Å². The second-order valence-corrected chi connectivity index (χ2v) is 4.05. The molecule has 7 nitrogen and oxygen atoms in total. The van der Waals surface area contributed by atoms with Crippen LogP contribution < -0.4 is 14.4 Å². The lowest BCUT2D eigenvalue weighted by molar-refractivity contribution is -0.384. The highest BCUT2D eigenvalue weighted by Gasteiger charge is 2.27. The third-order valence-corrected chi connectivity index (χ3v) is 3.02. The first kappa shape index (κ1) is 11.1. The van der Waals surface area contributed by atoms with Crippen molar-refractivity contribution in [3.63, 3.8) is 0 Å². The molecule has 96 valence electrons. The average Bonchev–Trinajstić information content (AvgIpc) is 2.85. The molecular formula is C11H12N2O5. The number of hydrogen-bond acceptors (Lipinski definition) is 6. The third-order valence-electron chi connectivity index (χ3n) is 3.02. The van der Waals surface area contributed by atoms with Gasteiger partial charge in [0.15, 0.2) is 11.5 Å². The molecule has 1 aromatic rings. The van der Waals surface area contributed by atoms with Crippen molar-refractivity contribution in [2.75, 3.05) is 38.0 Å². The third kappa shape index (κ3) is 1.82. The van der Waals surface area contributed by atoms with Gasteiger partial charge in [0.1, 0.15) is 5.69 Å². The van der Waals surface area contributed by atoms with Crippen LogP contribution in [0.1, 0.15) is 0 Å². The molecule has 0 aliphatic carbocycles. The van der Waals surface area contributed by atoms with Gasteiger partial charge in [-0.25, -0.2) is 0 Å². The van der Waals surface area contributed by atoms with Crippen molar-refractivity contribution in [2.24, 2.45) is 0 Å². The summed E-state index contributed by atoms with van der Waals surface area (Å²) in [6, 6.07) is 3.10. The number of rotatable bonds is 2. The fourth-order valence-electron chi connectivity index (χ4n) is 2.12. The van der Waals surface area contributed by atoms with Gasteiger partial charge >= 0.3 is 0 Å². The summed E-state index contributed by atoms with van der Waals surface area (Å²) in [4.78, 5) is 12.7. The molecule has 0 radical (unpaired) electrons. The molecule has 2 heterocycles. The van der Waals surface area contributed by atoms with Crippen molar-refractivity contribution in [1.29, 1.82) is 0 Å². The second-order valence-electron chi connectivity index (χ2n) is 4.05. The first-order valence-electron chi connectivity index (χ1n) is 5.66. The van der Waals surface area contributed by atoms with E-state index < -0.39 is 4.92 Å². The van der Waals surface area contributed by atoms with Crippen LogP contribution in [0.4, 0.5) is 11.4 Å². The summed E-state index contributed by atoms with van der Waals surface area (Å²) < 4.78 is 15.7. The molecule has 0 spiro atoms. The van der Waals surface area contributed by atoms with E-state index in [9.17, 15) is 10.1 Å². The number of nitro groups is 1. The molecule has 1 aromatic carbocycles. The smallest absolute Gasteiger partial charge is 0.296 e. The van der Waals surface area contributed by atoms with E-state index in [0.29, 0.717) is 43.5 Å². The number of ether oxygens (including phenoxy) is 3. The standard InChI is InChI=1S/C11H12N2O5/c14-13(15)9-6-11-10(17-7-18-11)5-8(9)12-1-3-16-4-2-12/h5-6H,1-4,7H2. The maximum absolute atomic E-state index is 11.1. The lowest BCUT2D eigenvalue weighted by atomic mass is 10.2. The molecule has 1 fully saturated rings. The minimum absolute atomic E-state index is 0.0427. The van der Waals surface area contributed by atoms with Crippen molar-refractivity contribution < 1.29 is 19.1 Å². The Labute approximate surface area is 103 Å². The summed E-state index contributed by atoms with van der Waals surface area (Å²) in [5.74, 6) is 0.987. The Morgan fingerprint density at radius 1 is 1.17 bits per heavy atom. The normalized spacial score (nSPS) is 17.9. The van der Waals surface area contributed by atoms with Gasteiger partial charge in [-0.1, -0.05) is 0 Å². The van der Waals surface area contributed by atoms with Gasteiger partial charge in [0.2, 0.25) is 6.79 Å². The zero-order valence-corrected chi connectivity index (χ0v) is 9.63. The summed E-state index contributed by atoms with van der Waals surface area (Å²) in [7, 11) is 0. The maximum atomic E-state index is 11.1. The predicted octanol–water partition coefficient (Wildman–Crippen LogP) is 1.16. The van der Waals surface area contributed by atoms with Crippen LogP contribution in [0, 0.1) is 10.1 Å². The van der Waals surface area contributed by atoms with Gasteiger partial charge in [-0.2, -0.15) is 0 Å². The van der Waals surface area contributed by atoms with Crippen LogP contribution in [0.25, 0.3) is 0 Å². The molecule has 2 aliphatic heterocycles. The number of benzene rings is 1. The monoisotopic (exact) mass is 252 g/mol. The predicted molar refractivity (Wildman–Crippen MR) is 62.3 cm³/mol. The number of nitro benzene ring substituents is 1. The van der Waals surface area contributed by atoms with Crippen LogP contribution in [0.2, 0.25) is 0 Å². The highest BCUT2D eigenvalue weighted by Crippen LogP contribution is 2.42. The lowest BCUT2D eigenvalue weighted by Gasteiger charge is -2.28. The van der Waals surface area contributed by atoms with E-state index in [-0.39, 0.29) is 12.5 Å². The fraction of sp³-hybridized carbons (Fsp3) is 0.455. The molecule has 0 bridgehead atoms. The molecule has 0 aromatic heterocycles. The minimum atomic E-state index is -0.396. The Bertz CT molecular complexity index is 485. The lowest BCUT2D eigenvalue weighted by Crippen LogP contribution is -2.36. The van der Waals surface area contributed by atoms with Crippen LogP contribution >= 0.6 is 0 Å². The number of fused-ring (bicyclic) bond motifs is 1. The van der Waals surface area contributed by atoms with Crippen LogP contribution in [0.5, 0.6) is 11.5 Å². The Kier molecular flexibility index (Phi) is 2.67. The number of nitrogens with zero attached hydrogens (tertiary/aromatic N) is 2. The summed E-state index contributed by atoms with van der Waals surface area (Å²) >= 11 is 0. The Hall–Kier alpha value is -2.02. The molecule has 18 heavy (non-hydrogen) atoms. The number of morpholine rings is 1. The van der Waals surface area contributed by atoms with Gasteiger partial charge in [0.25, 0.3) is 5.69 Å². The molecule has 0 unspecified atom stereocenters. The van der Waals surface area contributed by atoms with Crippen molar-refractivity contribution in [3.05, 3.63) is 22.2 Å². The molecule has 3 rings (SSSR count). The van der Waals surface area contributed by atoms with Crippen LogP contribution in [0.15, 0.2) is 12.1 Å². The first-order valence-corrected chi connectivity index (χ1v) is 5.66. The van der Waals surface area contributed by atoms with Gasteiger partial charge in [-0.05, 0) is 0 Å². The average molecular weight is 252 g/mol. The van der Waals surface area contributed by atoms with Crippen molar-refractivity contribution in [3.8, 4) is 11.5 Å². The Balaban J connectivity index is 2.02. The van der Waals surface area contributed by atoms with E-state index in [0.717, 1.165) is 0 Å². The fourth-order valence-corrected chi connectivity index (χ4v) is 2.12. The maximum Gasteiger partial charge on any atom is 0.296 e. The highest BCUT2D eigenvalue weighted by molar-refractivity contribution is 5.70. The topological polar surface area (TPSA) is 74.1 Å². The molecule has 0 N–H and O–H groups in total. The van der Waals surface area contributed by atoms with Crippen molar-refractivity contribution >= 4 is 11.4 Å². The molecular weight excluding hydrogens is 240 g/mol. The molecule has 2 aliphatic rings. The van der Waals surface area contributed by atoms with Gasteiger partial charge < -0.3 is 19.1 Å². The quantitative estimate of drug-likeness (QED) is 0.581. The molecule has 1 saturated heterocycles. The molecule has 0 amide bonds. The highest BCUT2D eigenvalue weighted by atomic mass is 16.7. The Morgan fingerprint density at radius 3 is 2.50 bits per heavy atom. The largest absolute Gasteiger partial charge is 0.454 e. The summed E-state index contributed by atoms with van der Waals surface area (Å²) in [5, 5.41) is 11.1.